The van der Waals surface area contributed by atoms with Crippen molar-refractivity contribution in [2.24, 2.45) is 0 Å². The van der Waals surface area contributed by atoms with E-state index in [-0.39, 0.29) is 13.2 Å². The van der Waals surface area contributed by atoms with Crippen LogP contribution in [0.15, 0.2) is 12.7 Å². The molecular weight excluding hydrogens is 214 g/mol. The third-order valence-corrected chi connectivity index (χ3v) is 1.95. The summed E-state index contributed by atoms with van der Waals surface area (Å²) in [5, 5.41) is 18.2. The van der Waals surface area contributed by atoms with Gasteiger partial charge in [-0.15, -0.1) is 0 Å². The third kappa shape index (κ3) is 3.90. The minimum absolute atomic E-state index is 0.00147. The van der Waals surface area contributed by atoms with Gasteiger partial charge in [0.15, 0.2) is 6.04 Å². The van der Waals surface area contributed by atoms with E-state index >= 15 is 0 Å². The van der Waals surface area contributed by atoms with Gasteiger partial charge in [0, 0.05) is 6.54 Å². The average molecular weight is 231 g/mol. The zero-order chi connectivity index (χ0) is 12.7. The molecule has 0 aliphatic heterocycles. The van der Waals surface area contributed by atoms with Crippen molar-refractivity contribution in [1.29, 1.82) is 0 Å². The maximum atomic E-state index is 11.5. The van der Waals surface area contributed by atoms with E-state index in [9.17, 15) is 14.7 Å². The Morgan fingerprint density at radius 1 is 1.56 bits per heavy atom. The number of amides is 1. The van der Waals surface area contributed by atoms with Crippen LogP contribution in [-0.4, -0.2) is 52.5 Å². The van der Waals surface area contributed by atoms with E-state index in [1.165, 1.54) is 13.0 Å². The summed E-state index contributed by atoms with van der Waals surface area (Å²) in [6.07, 6.45) is -0.575. The molecule has 6 nitrogen and oxygen atoms in total. The molecule has 16 heavy (non-hydrogen) atoms. The largest absolute Gasteiger partial charge is 0.480 e. The Hall–Kier alpha value is -1.56. The minimum atomic E-state index is -1.30. The van der Waals surface area contributed by atoms with Gasteiger partial charge in [-0.25, -0.2) is 9.59 Å². The lowest BCUT2D eigenvalue weighted by Crippen LogP contribution is -2.50. The Labute approximate surface area is 94.1 Å². The number of likely N-dealkylation sites (N-methyl/N-ethyl adjacent to an activating group) is 1. The number of aliphatic carboxylic acids is 1. The van der Waals surface area contributed by atoms with Crippen molar-refractivity contribution in [3.63, 3.8) is 0 Å². The van der Waals surface area contributed by atoms with Crippen LogP contribution in [0.4, 0.5) is 4.79 Å². The van der Waals surface area contributed by atoms with E-state index in [4.69, 9.17) is 9.84 Å². The first-order chi connectivity index (χ1) is 7.45. The summed E-state index contributed by atoms with van der Waals surface area (Å²) in [6.45, 7) is 6.42. The van der Waals surface area contributed by atoms with Crippen LogP contribution in [0.5, 0.6) is 0 Å². The lowest BCUT2D eigenvalue weighted by molar-refractivity contribution is -0.146. The average Bonchev–Trinajstić information content (AvgIpc) is 2.20. The molecular formula is C10H17NO5. The number of carboxylic acid groups (broad SMARTS) is 1. The minimum Gasteiger partial charge on any atom is -0.480 e. The van der Waals surface area contributed by atoms with Crippen LogP contribution < -0.4 is 0 Å². The van der Waals surface area contributed by atoms with Crippen molar-refractivity contribution in [3.8, 4) is 0 Å². The second-order valence-electron chi connectivity index (χ2n) is 3.18. The molecule has 0 fully saturated rings. The second kappa shape index (κ2) is 6.84. The van der Waals surface area contributed by atoms with Gasteiger partial charge in [0.2, 0.25) is 0 Å². The molecule has 0 aliphatic carbocycles. The zero-order valence-electron chi connectivity index (χ0n) is 9.42. The van der Waals surface area contributed by atoms with Crippen LogP contribution in [0, 0.1) is 0 Å². The Kier molecular flexibility index (Phi) is 6.17. The molecule has 0 spiro atoms. The predicted octanol–water partition coefficient (Wildman–Crippen LogP) is 0.465. The van der Waals surface area contributed by atoms with Crippen LogP contribution in [0.1, 0.15) is 13.8 Å². The number of carbonyl (C=O) groups is 2. The first-order valence-corrected chi connectivity index (χ1v) is 4.90. The molecule has 0 bridgehead atoms. The lowest BCUT2D eigenvalue weighted by atomic mass is 10.1. The number of ether oxygens (including phenoxy) is 1. The Morgan fingerprint density at radius 3 is 2.44 bits per heavy atom. The molecule has 0 aliphatic rings. The molecule has 2 N–H and O–H groups in total. The molecule has 0 saturated heterocycles. The number of rotatable bonds is 6. The summed E-state index contributed by atoms with van der Waals surface area (Å²) in [5.74, 6) is -1.27. The van der Waals surface area contributed by atoms with E-state index in [0.29, 0.717) is 0 Å². The summed E-state index contributed by atoms with van der Waals surface area (Å²) >= 11 is 0. The molecule has 2 atom stereocenters. The van der Waals surface area contributed by atoms with Crippen molar-refractivity contribution < 1.29 is 24.5 Å². The van der Waals surface area contributed by atoms with Gasteiger partial charge in [-0.05, 0) is 13.8 Å². The molecule has 0 saturated carbocycles. The van der Waals surface area contributed by atoms with Gasteiger partial charge < -0.3 is 14.9 Å². The van der Waals surface area contributed by atoms with Crippen molar-refractivity contribution in [2.75, 3.05) is 13.2 Å². The molecule has 0 unspecified atom stereocenters. The summed E-state index contributed by atoms with van der Waals surface area (Å²) < 4.78 is 4.72. The Balaban J connectivity index is 4.72. The SMILES string of the molecule is C=CCOC(=O)N(CC)[C@H](C(=O)O)[C@@H](C)O. The fourth-order valence-electron chi connectivity index (χ4n) is 1.25. The maximum absolute atomic E-state index is 11.5. The highest BCUT2D eigenvalue weighted by Crippen LogP contribution is 2.07. The Bertz CT molecular complexity index is 264. The van der Waals surface area contributed by atoms with Crippen molar-refractivity contribution in [2.45, 2.75) is 26.0 Å². The van der Waals surface area contributed by atoms with Gasteiger partial charge in [-0.2, -0.15) is 0 Å². The van der Waals surface area contributed by atoms with Crippen LogP contribution in [0.3, 0.4) is 0 Å². The monoisotopic (exact) mass is 231 g/mol. The van der Waals surface area contributed by atoms with E-state index in [1.807, 2.05) is 0 Å². The standard InChI is InChI=1S/C10H17NO5/c1-4-6-16-10(15)11(5-2)8(7(3)12)9(13)14/h4,7-8,12H,1,5-6H2,2-3H3,(H,13,14)/t7-,8+/m1/s1. The van der Waals surface area contributed by atoms with Gasteiger partial charge in [0.1, 0.15) is 6.61 Å². The van der Waals surface area contributed by atoms with Crippen LogP contribution >= 0.6 is 0 Å². The first-order valence-electron chi connectivity index (χ1n) is 4.90. The van der Waals surface area contributed by atoms with E-state index in [0.717, 1.165) is 4.90 Å². The topological polar surface area (TPSA) is 87.1 Å². The smallest absolute Gasteiger partial charge is 0.410 e. The van der Waals surface area contributed by atoms with Crippen molar-refractivity contribution in [1.82, 2.24) is 4.90 Å². The number of carboxylic acids is 1. The fourth-order valence-corrected chi connectivity index (χ4v) is 1.25. The number of carbonyl (C=O) groups excluding carboxylic acids is 1. The summed E-state index contributed by atoms with van der Waals surface area (Å²) in [6, 6.07) is -1.30. The summed E-state index contributed by atoms with van der Waals surface area (Å²) in [4.78, 5) is 23.3. The number of hydrogen-bond acceptors (Lipinski definition) is 4. The molecule has 0 aromatic rings. The zero-order valence-corrected chi connectivity index (χ0v) is 9.42. The van der Waals surface area contributed by atoms with E-state index < -0.39 is 24.2 Å². The van der Waals surface area contributed by atoms with Gasteiger partial charge in [-0.1, -0.05) is 12.7 Å². The van der Waals surface area contributed by atoms with Gasteiger partial charge in [-0.3, -0.25) is 4.90 Å². The molecule has 0 heterocycles. The quantitative estimate of drug-likeness (QED) is 0.649. The summed E-state index contributed by atoms with van der Waals surface area (Å²) in [7, 11) is 0. The molecule has 0 aromatic carbocycles. The highest BCUT2D eigenvalue weighted by atomic mass is 16.6. The molecule has 0 radical (unpaired) electrons. The number of aliphatic hydroxyl groups is 1. The van der Waals surface area contributed by atoms with Crippen LogP contribution in [0.2, 0.25) is 0 Å². The fraction of sp³-hybridized carbons (Fsp3) is 0.600. The van der Waals surface area contributed by atoms with Crippen molar-refractivity contribution in [3.05, 3.63) is 12.7 Å². The maximum Gasteiger partial charge on any atom is 0.410 e. The molecule has 0 aromatic heterocycles. The normalized spacial score (nSPS) is 13.7. The van der Waals surface area contributed by atoms with Crippen LogP contribution in [0.25, 0.3) is 0 Å². The molecule has 6 heteroatoms. The van der Waals surface area contributed by atoms with Gasteiger partial charge >= 0.3 is 12.1 Å². The molecule has 0 rings (SSSR count). The first kappa shape index (κ1) is 14.4. The number of aliphatic hydroxyl groups excluding tert-OH is 1. The van der Waals surface area contributed by atoms with Gasteiger partial charge in [0.05, 0.1) is 6.10 Å². The highest BCUT2D eigenvalue weighted by molar-refractivity contribution is 5.80. The van der Waals surface area contributed by atoms with Gasteiger partial charge in [0.25, 0.3) is 0 Å². The number of nitrogens with zero attached hydrogens (tertiary/aromatic N) is 1. The highest BCUT2D eigenvalue weighted by Gasteiger charge is 2.33. The molecule has 1 amide bonds. The molecule has 92 valence electrons. The predicted molar refractivity (Wildman–Crippen MR) is 57.0 cm³/mol. The Morgan fingerprint density at radius 2 is 2.12 bits per heavy atom. The summed E-state index contributed by atoms with van der Waals surface area (Å²) in [5.41, 5.74) is 0. The lowest BCUT2D eigenvalue weighted by Gasteiger charge is -2.28. The van der Waals surface area contributed by atoms with Crippen LogP contribution in [-0.2, 0) is 9.53 Å². The van der Waals surface area contributed by atoms with E-state index in [1.54, 1.807) is 6.92 Å². The van der Waals surface area contributed by atoms with Crippen molar-refractivity contribution >= 4 is 12.1 Å². The number of hydrogen-bond donors (Lipinski definition) is 2. The van der Waals surface area contributed by atoms with E-state index in [2.05, 4.69) is 6.58 Å². The third-order valence-electron chi connectivity index (χ3n) is 1.95. The second-order valence-corrected chi connectivity index (χ2v) is 3.18.